The van der Waals surface area contributed by atoms with Crippen molar-refractivity contribution in [1.82, 2.24) is 19.8 Å². The number of amides is 3. The topological polar surface area (TPSA) is 133 Å². The lowest BCUT2D eigenvalue weighted by atomic mass is 9.87. The lowest BCUT2D eigenvalue weighted by Crippen LogP contribution is -2.55. The summed E-state index contributed by atoms with van der Waals surface area (Å²) in [5, 5.41) is 2.61. The van der Waals surface area contributed by atoms with Crippen molar-refractivity contribution in [2.24, 2.45) is 0 Å². The van der Waals surface area contributed by atoms with Gasteiger partial charge in [-0.2, -0.15) is 0 Å². The summed E-state index contributed by atoms with van der Waals surface area (Å²) in [6.45, 7) is 1.92. The highest BCUT2D eigenvalue weighted by Gasteiger charge is 2.52. The van der Waals surface area contributed by atoms with E-state index in [-0.39, 0.29) is 28.6 Å². The van der Waals surface area contributed by atoms with E-state index in [9.17, 15) is 26.4 Å². The summed E-state index contributed by atoms with van der Waals surface area (Å²) < 4.78 is 51.6. The summed E-state index contributed by atoms with van der Waals surface area (Å²) >= 11 is 0. The van der Waals surface area contributed by atoms with Crippen molar-refractivity contribution >= 4 is 31.8 Å². The molecule has 1 saturated carbocycles. The van der Waals surface area contributed by atoms with Gasteiger partial charge < -0.3 is 10.2 Å². The van der Waals surface area contributed by atoms with Gasteiger partial charge in [-0.05, 0) is 61.9 Å². The van der Waals surface area contributed by atoms with E-state index in [1.165, 1.54) is 17.0 Å². The van der Waals surface area contributed by atoms with Crippen molar-refractivity contribution in [1.29, 1.82) is 0 Å². The maximum Gasteiger partial charge on any atom is 0.325 e. The van der Waals surface area contributed by atoms with Gasteiger partial charge in [-0.3, -0.25) is 9.69 Å². The van der Waals surface area contributed by atoms with Crippen molar-refractivity contribution in [3.05, 3.63) is 65.7 Å². The SMILES string of the molecule is CS(=O)(=O)c1ccc(CN2C(=O)NC3(CCN(CC[C@H](NS(=O)(=O)C4CC4)c4ccccc4)CC3)C2=O)cc1. The van der Waals surface area contributed by atoms with Gasteiger partial charge in [0.25, 0.3) is 5.91 Å². The molecule has 1 spiro atoms. The molecule has 2 saturated heterocycles. The Morgan fingerprint density at radius 1 is 0.974 bits per heavy atom. The van der Waals surface area contributed by atoms with Crippen LogP contribution in [-0.4, -0.2) is 75.3 Å². The van der Waals surface area contributed by atoms with Crippen LogP contribution in [0.15, 0.2) is 59.5 Å². The number of sulfone groups is 1. The molecule has 12 heteroatoms. The third-order valence-electron chi connectivity index (χ3n) is 7.85. The lowest BCUT2D eigenvalue weighted by molar-refractivity contribution is -0.133. The zero-order valence-corrected chi connectivity index (χ0v) is 23.5. The summed E-state index contributed by atoms with van der Waals surface area (Å²) in [5.41, 5.74) is 0.641. The molecule has 3 aliphatic rings. The van der Waals surface area contributed by atoms with Crippen LogP contribution in [0, 0.1) is 0 Å². The van der Waals surface area contributed by atoms with Crippen LogP contribution in [0.25, 0.3) is 0 Å². The Bertz CT molecular complexity index is 1430. The van der Waals surface area contributed by atoms with Crippen molar-refractivity contribution in [3.63, 3.8) is 0 Å². The van der Waals surface area contributed by atoms with Crippen molar-refractivity contribution < 1.29 is 26.4 Å². The van der Waals surface area contributed by atoms with Crippen molar-refractivity contribution in [2.75, 3.05) is 25.9 Å². The summed E-state index contributed by atoms with van der Waals surface area (Å²) in [5.74, 6) is -0.265. The minimum absolute atomic E-state index is 0.0695. The fourth-order valence-corrected chi connectivity index (χ4v) is 7.54. The number of benzene rings is 2. The number of hydrogen-bond donors (Lipinski definition) is 2. The second kappa shape index (κ2) is 10.6. The Balaban J connectivity index is 1.18. The van der Waals surface area contributed by atoms with Gasteiger partial charge in [-0.25, -0.2) is 26.4 Å². The molecule has 2 aliphatic heterocycles. The standard InChI is InChI=1S/C27H34N4O6S2/c1-38(34,35)22-9-7-20(8-10-22)19-31-25(32)27(28-26(31)33)14-17-30(18-15-27)16-13-24(21-5-3-2-4-6-21)29-39(36,37)23-11-12-23/h2-10,23-24,29H,11-19H2,1H3,(H,28,33)/t24-/m0/s1. The van der Waals surface area contributed by atoms with Crippen molar-refractivity contribution in [3.8, 4) is 0 Å². The highest BCUT2D eigenvalue weighted by molar-refractivity contribution is 7.90. The fraction of sp³-hybridized carbons (Fsp3) is 0.481. The number of carbonyl (C=O) groups excluding carboxylic acids is 2. The second-order valence-electron chi connectivity index (χ2n) is 10.8. The molecule has 3 amide bonds. The number of rotatable bonds is 10. The second-order valence-corrected chi connectivity index (χ2v) is 14.8. The zero-order chi connectivity index (χ0) is 27.8. The van der Waals surface area contributed by atoms with Gasteiger partial charge in [0, 0.05) is 25.4 Å². The van der Waals surface area contributed by atoms with Gasteiger partial charge in [0.05, 0.1) is 16.7 Å². The molecule has 2 N–H and O–H groups in total. The van der Waals surface area contributed by atoms with Crippen LogP contribution in [0.4, 0.5) is 4.79 Å². The maximum atomic E-state index is 13.4. The predicted molar refractivity (Wildman–Crippen MR) is 146 cm³/mol. The average Bonchev–Trinajstić information content (AvgIpc) is 3.74. The summed E-state index contributed by atoms with van der Waals surface area (Å²) in [4.78, 5) is 29.7. The number of imide groups is 1. The van der Waals surface area contributed by atoms with E-state index >= 15 is 0 Å². The van der Waals surface area contributed by atoms with E-state index in [1.54, 1.807) is 12.1 Å². The number of nitrogens with zero attached hydrogens (tertiary/aromatic N) is 2. The molecule has 1 aliphatic carbocycles. The third kappa shape index (κ3) is 6.19. The van der Waals surface area contributed by atoms with Crippen LogP contribution >= 0.6 is 0 Å². The van der Waals surface area contributed by atoms with Gasteiger partial charge in [0.1, 0.15) is 5.54 Å². The quantitative estimate of drug-likeness (QED) is 0.416. The van der Waals surface area contributed by atoms with Gasteiger partial charge in [0.15, 0.2) is 9.84 Å². The average molecular weight is 575 g/mol. The van der Waals surface area contributed by atoms with Gasteiger partial charge >= 0.3 is 6.03 Å². The normalized spacial score (nSPS) is 20.8. The van der Waals surface area contributed by atoms with E-state index in [0.717, 1.165) is 11.8 Å². The molecule has 2 aromatic carbocycles. The molecular weight excluding hydrogens is 540 g/mol. The molecule has 210 valence electrons. The van der Waals surface area contributed by atoms with Crippen LogP contribution in [0.1, 0.15) is 49.3 Å². The van der Waals surface area contributed by atoms with Gasteiger partial charge in [-0.1, -0.05) is 42.5 Å². The molecule has 1 atom stereocenters. The monoisotopic (exact) mass is 574 g/mol. The Labute approximate surface area is 229 Å². The number of urea groups is 1. The molecule has 2 heterocycles. The molecule has 5 rings (SSSR count). The Morgan fingerprint density at radius 3 is 2.21 bits per heavy atom. The maximum absolute atomic E-state index is 13.4. The Kier molecular flexibility index (Phi) is 7.57. The number of carbonyl (C=O) groups is 2. The smallest absolute Gasteiger partial charge is 0.323 e. The lowest BCUT2D eigenvalue weighted by Gasteiger charge is -2.37. The zero-order valence-electron chi connectivity index (χ0n) is 21.9. The third-order valence-corrected chi connectivity index (χ3v) is 10.9. The highest BCUT2D eigenvalue weighted by atomic mass is 32.2. The first-order valence-electron chi connectivity index (χ1n) is 13.2. The number of likely N-dealkylation sites (tertiary alicyclic amines) is 1. The van der Waals surface area contributed by atoms with Crippen molar-refractivity contribution in [2.45, 2.75) is 60.4 Å². The Hall–Kier alpha value is -2.80. The van der Waals surface area contributed by atoms with E-state index in [0.29, 0.717) is 57.3 Å². The van der Waals surface area contributed by atoms with Crippen LogP contribution in [-0.2, 0) is 31.2 Å². The molecule has 39 heavy (non-hydrogen) atoms. The van der Waals surface area contributed by atoms with Crippen LogP contribution < -0.4 is 10.0 Å². The molecule has 2 aromatic rings. The number of nitrogens with one attached hydrogen (secondary N) is 2. The van der Waals surface area contributed by atoms with E-state index < -0.39 is 31.4 Å². The number of sulfonamides is 1. The first kappa shape index (κ1) is 27.8. The molecular formula is C27H34N4O6S2. The first-order valence-corrected chi connectivity index (χ1v) is 16.6. The Morgan fingerprint density at radius 2 is 1.62 bits per heavy atom. The predicted octanol–water partition coefficient (Wildman–Crippen LogP) is 2.19. The van der Waals surface area contributed by atoms with Crippen LogP contribution in [0.2, 0.25) is 0 Å². The highest BCUT2D eigenvalue weighted by Crippen LogP contribution is 2.32. The van der Waals surface area contributed by atoms with E-state index in [4.69, 9.17) is 0 Å². The summed E-state index contributed by atoms with van der Waals surface area (Å²) in [6.07, 6.45) is 4.06. The molecule has 0 aromatic heterocycles. The van der Waals surface area contributed by atoms with Gasteiger partial charge in [0.2, 0.25) is 10.0 Å². The molecule has 0 unspecified atom stereocenters. The first-order chi connectivity index (χ1) is 18.5. The summed E-state index contributed by atoms with van der Waals surface area (Å²) in [7, 11) is -6.69. The van der Waals surface area contributed by atoms with Crippen LogP contribution in [0.5, 0.6) is 0 Å². The molecule has 0 bridgehead atoms. The van der Waals surface area contributed by atoms with Crippen LogP contribution in [0.3, 0.4) is 0 Å². The largest absolute Gasteiger partial charge is 0.325 e. The van der Waals surface area contributed by atoms with E-state index in [1.807, 2.05) is 30.3 Å². The molecule has 10 nitrogen and oxygen atoms in total. The van der Waals surface area contributed by atoms with Gasteiger partial charge in [-0.15, -0.1) is 0 Å². The minimum Gasteiger partial charge on any atom is -0.323 e. The molecule has 3 fully saturated rings. The number of hydrogen-bond acceptors (Lipinski definition) is 7. The number of piperidine rings is 1. The fourth-order valence-electron chi connectivity index (χ4n) is 5.31. The van der Waals surface area contributed by atoms with E-state index in [2.05, 4.69) is 14.9 Å². The molecule has 0 radical (unpaired) electrons. The minimum atomic E-state index is -3.36. The summed E-state index contributed by atoms with van der Waals surface area (Å²) in [6, 6.07) is 15.0.